The highest BCUT2D eigenvalue weighted by Crippen LogP contribution is 2.38. The Morgan fingerprint density at radius 3 is 2.52 bits per heavy atom. The molecule has 0 aliphatic carbocycles. The van der Waals surface area contributed by atoms with E-state index in [-0.39, 0.29) is 30.8 Å². The molecule has 0 radical (unpaired) electrons. The topological polar surface area (TPSA) is 134 Å². The van der Waals surface area contributed by atoms with Crippen molar-refractivity contribution in [1.82, 2.24) is 19.9 Å². The van der Waals surface area contributed by atoms with E-state index >= 15 is 4.39 Å². The van der Waals surface area contributed by atoms with E-state index in [9.17, 15) is 18.8 Å². The number of hydrogen-bond donors (Lipinski definition) is 3. The van der Waals surface area contributed by atoms with Crippen LogP contribution in [-0.2, 0) is 14.4 Å². The predicted octanol–water partition coefficient (Wildman–Crippen LogP) is 4.35. The second kappa shape index (κ2) is 12.0. The summed E-state index contributed by atoms with van der Waals surface area (Å²) < 4.78 is 30.1. The van der Waals surface area contributed by atoms with Gasteiger partial charge in [-0.3, -0.25) is 14.4 Å². The summed E-state index contributed by atoms with van der Waals surface area (Å²) in [5.41, 5.74) is 11.8. The number of halogens is 3. The summed E-state index contributed by atoms with van der Waals surface area (Å²) in [6, 6.07) is 14.3. The molecule has 1 saturated heterocycles. The number of primary amides is 1. The van der Waals surface area contributed by atoms with E-state index in [1.54, 1.807) is 54.9 Å². The number of likely N-dealkylation sites (tertiary alicyclic amines) is 1. The van der Waals surface area contributed by atoms with Gasteiger partial charge in [0.25, 0.3) is 0 Å². The van der Waals surface area contributed by atoms with Crippen LogP contribution in [0.2, 0.25) is 5.02 Å². The minimum absolute atomic E-state index is 0.132. The summed E-state index contributed by atoms with van der Waals surface area (Å²) in [6.45, 7) is -0.724. The summed E-state index contributed by atoms with van der Waals surface area (Å²) in [4.78, 5) is 48.5. The second-order valence-corrected chi connectivity index (χ2v) is 10.9. The van der Waals surface area contributed by atoms with Gasteiger partial charge in [0, 0.05) is 46.1 Å². The summed E-state index contributed by atoms with van der Waals surface area (Å²) in [7, 11) is 0. The molecular formula is C31H26ClF2N7O3. The van der Waals surface area contributed by atoms with Crippen molar-refractivity contribution in [3.63, 3.8) is 0 Å². The molecule has 3 heterocycles. The summed E-state index contributed by atoms with van der Waals surface area (Å²) in [5, 5.41) is 4.20. The molecule has 13 heteroatoms. The quantitative estimate of drug-likeness (QED) is 0.281. The minimum atomic E-state index is -1.47. The van der Waals surface area contributed by atoms with E-state index in [0.29, 0.717) is 21.8 Å². The van der Waals surface area contributed by atoms with Crippen molar-refractivity contribution in [2.24, 2.45) is 5.73 Å². The van der Waals surface area contributed by atoms with E-state index < -0.39 is 41.8 Å². The molecule has 0 spiro atoms. The van der Waals surface area contributed by atoms with E-state index in [0.717, 1.165) is 16.0 Å². The molecule has 4 N–H and O–H groups in total. The summed E-state index contributed by atoms with van der Waals surface area (Å²) in [6.07, 6.45) is 2.92. The number of anilines is 2. The zero-order valence-corrected chi connectivity index (χ0v) is 23.8. The van der Waals surface area contributed by atoms with Gasteiger partial charge >= 0.3 is 0 Å². The maximum Gasteiger partial charge on any atom is 0.247 e. The van der Waals surface area contributed by atoms with E-state index in [1.165, 1.54) is 23.5 Å². The van der Waals surface area contributed by atoms with Gasteiger partial charge < -0.3 is 21.4 Å². The van der Waals surface area contributed by atoms with Crippen LogP contribution in [-0.4, -0.2) is 62.9 Å². The van der Waals surface area contributed by atoms with Crippen molar-refractivity contribution < 1.29 is 23.2 Å². The van der Waals surface area contributed by atoms with Gasteiger partial charge in [-0.15, -0.1) is 0 Å². The fourth-order valence-corrected chi connectivity index (χ4v) is 5.86. The fraction of sp³-hybridized carbons (Fsp3) is 0.194. The van der Waals surface area contributed by atoms with Crippen LogP contribution in [0.25, 0.3) is 22.3 Å². The normalized spacial score (nSPS) is 19.3. The van der Waals surface area contributed by atoms with E-state index in [1.807, 2.05) is 6.07 Å². The third-order valence-corrected chi connectivity index (χ3v) is 8.01. The molecule has 1 aromatic heterocycles. The van der Waals surface area contributed by atoms with Crippen molar-refractivity contribution in [1.29, 1.82) is 0 Å². The molecule has 2 aliphatic rings. The molecule has 1 unspecified atom stereocenters. The molecule has 10 nitrogen and oxygen atoms in total. The van der Waals surface area contributed by atoms with Crippen LogP contribution < -0.4 is 16.5 Å². The van der Waals surface area contributed by atoms with Crippen molar-refractivity contribution in [2.75, 3.05) is 23.8 Å². The number of alkyl halides is 1. The molecule has 1 fully saturated rings. The van der Waals surface area contributed by atoms with Crippen LogP contribution in [0.5, 0.6) is 0 Å². The third-order valence-electron chi connectivity index (χ3n) is 7.68. The number of nitrogens with one attached hydrogen (secondary N) is 2. The van der Waals surface area contributed by atoms with Gasteiger partial charge in [0.1, 0.15) is 24.6 Å². The lowest BCUT2D eigenvalue weighted by Gasteiger charge is -2.28. The Morgan fingerprint density at radius 1 is 1.02 bits per heavy atom. The number of aromatic nitrogens is 2. The van der Waals surface area contributed by atoms with Gasteiger partial charge in [-0.25, -0.2) is 18.7 Å². The van der Waals surface area contributed by atoms with Crippen LogP contribution in [0.15, 0.2) is 79.4 Å². The average Bonchev–Trinajstić information content (AvgIpc) is 3.59. The number of nitrogens with two attached hydrogens (primary N) is 1. The largest absolute Gasteiger partial charge is 0.368 e. The van der Waals surface area contributed by atoms with E-state index in [4.69, 9.17) is 17.3 Å². The maximum absolute atomic E-state index is 15.5. The number of carbonyl (C=O) groups is 3. The zero-order valence-electron chi connectivity index (χ0n) is 23.1. The molecular weight excluding hydrogens is 592 g/mol. The van der Waals surface area contributed by atoms with Crippen LogP contribution in [0, 0.1) is 5.82 Å². The number of carbonyl (C=O) groups excluding carboxylic acids is 3. The van der Waals surface area contributed by atoms with Gasteiger partial charge in [0.2, 0.25) is 17.7 Å². The van der Waals surface area contributed by atoms with Gasteiger partial charge in [-0.05, 0) is 29.8 Å². The fourth-order valence-electron chi connectivity index (χ4n) is 5.62. The number of nitrogens with zero attached hydrogens (tertiary/aromatic N) is 4. The van der Waals surface area contributed by atoms with Gasteiger partial charge in [0.15, 0.2) is 5.82 Å². The van der Waals surface area contributed by atoms with E-state index in [2.05, 4.69) is 20.7 Å². The Labute approximate surface area is 255 Å². The lowest BCUT2D eigenvalue weighted by Crippen LogP contribution is -2.49. The smallest absolute Gasteiger partial charge is 0.247 e. The number of rotatable bonds is 7. The molecule has 0 bridgehead atoms. The number of hydrazine groups is 1. The first-order chi connectivity index (χ1) is 21.2. The van der Waals surface area contributed by atoms with Crippen LogP contribution in [0.3, 0.4) is 0 Å². The highest BCUT2D eigenvalue weighted by Gasteiger charge is 2.43. The van der Waals surface area contributed by atoms with Crippen molar-refractivity contribution in [3.8, 4) is 22.3 Å². The van der Waals surface area contributed by atoms with Crippen molar-refractivity contribution >= 4 is 40.7 Å². The Morgan fingerprint density at radius 2 is 1.77 bits per heavy atom. The molecule has 44 heavy (non-hydrogen) atoms. The molecule has 0 saturated carbocycles. The first-order valence-electron chi connectivity index (χ1n) is 13.7. The highest BCUT2D eigenvalue weighted by molar-refractivity contribution is 6.33. The SMILES string of the molecule is NC(=O)C1c2cc(-c3cncnc3)ccc2NN1CC(=O)N1C[C@H](F)C[C@H]1C(=O)Nc1cccc(-c2ccccc2Cl)c1F. The van der Waals surface area contributed by atoms with Gasteiger partial charge in [-0.2, -0.15) is 5.01 Å². The van der Waals surface area contributed by atoms with Gasteiger partial charge in [-0.1, -0.05) is 48.0 Å². The van der Waals surface area contributed by atoms with Crippen LogP contribution in [0.1, 0.15) is 18.0 Å². The summed E-state index contributed by atoms with van der Waals surface area (Å²) >= 11 is 6.24. The molecule has 2 aliphatic heterocycles. The molecule has 3 atom stereocenters. The molecule has 3 aromatic carbocycles. The lowest BCUT2D eigenvalue weighted by molar-refractivity contribution is -0.138. The summed E-state index contributed by atoms with van der Waals surface area (Å²) in [5.74, 6) is -2.78. The lowest BCUT2D eigenvalue weighted by atomic mass is 10.00. The first kappa shape index (κ1) is 29.1. The Balaban J connectivity index is 1.19. The van der Waals surface area contributed by atoms with Crippen molar-refractivity contribution in [2.45, 2.75) is 24.7 Å². The Kier molecular flexibility index (Phi) is 7.93. The molecule has 3 amide bonds. The minimum Gasteiger partial charge on any atom is -0.368 e. The molecule has 4 aromatic rings. The van der Waals surface area contributed by atoms with Crippen molar-refractivity contribution in [3.05, 3.63) is 95.8 Å². The zero-order chi connectivity index (χ0) is 31.0. The van der Waals surface area contributed by atoms with Crippen LogP contribution >= 0.6 is 11.6 Å². The molecule has 6 rings (SSSR count). The average molecular weight is 618 g/mol. The second-order valence-electron chi connectivity index (χ2n) is 10.5. The first-order valence-corrected chi connectivity index (χ1v) is 14.1. The number of fused-ring (bicyclic) bond motifs is 1. The highest BCUT2D eigenvalue weighted by atomic mass is 35.5. The standard InChI is InChI=1S/C31H26ClF2N7O3/c32-23-6-2-1-4-20(23)21-5-3-7-25(28(21)34)38-31(44)26-11-19(33)14-40(26)27(42)15-41-29(30(35)43)22-10-17(8-9-24(22)39-41)18-12-36-16-37-13-18/h1-10,12-13,16,19,26,29,39H,11,14-15H2,(H2,35,43)(H,38,44)/t19-,26+,29?/m1/s1. The Hall–Kier alpha value is -4.94. The van der Waals surface area contributed by atoms with Gasteiger partial charge in [0.05, 0.1) is 24.5 Å². The Bertz CT molecular complexity index is 1760. The maximum atomic E-state index is 15.5. The predicted molar refractivity (Wildman–Crippen MR) is 160 cm³/mol. The monoisotopic (exact) mass is 617 g/mol. The third kappa shape index (κ3) is 5.56. The number of amides is 3. The van der Waals surface area contributed by atoms with Crippen LogP contribution in [0.4, 0.5) is 20.2 Å². The molecule has 224 valence electrons. The number of hydrogen-bond acceptors (Lipinski definition) is 7. The number of benzene rings is 3.